The van der Waals surface area contributed by atoms with E-state index in [1.54, 1.807) is 6.07 Å². The van der Waals surface area contributed by atoms with Gasteiger partial charge in [-0.25, -0.2) is 8.42 Å². The summed E-state index contributed by atoms with van der Waals surface area (Å²) in [4.78, 5) is 14.3. The van der Waals surface area contributed by atoms with Crippen LogP contribution in [0, 0.1) is 13.8 Å². The molecule has 1 amide bonds. The van der Waals surface area contributed by atoms with Crippen molar-refractivity contribution in [2.24, 2.45) is 0 Å². The number of hydrogen-bond acceptors (Lipinski definition) is 5. The second-order valence-corrected chi connectivity index (χ2v) is 8.59. The van der Waals surface area contributed by atoms with Crippen molar-refractivity contribution in [1.29, 1.82) is 0 Å². The molecule has 1 aliphatic heterocycles. The normalized spacial score (nSPS) is 15.7. The Bertz CT molecular complexity index is 715. The first-order chi connectivity index (χ1) is 12.3. The molecule has 1 heterocycles. The van der Waals surface area contributed by atoms with E-state index in [4.69, 9.17) is 4.74 Å². The van der Waals surface area contributed by atoms with Crippen molar-refractivity contribution >= 4 is 21.6 Å². The van der Waals surface area contributed by atoms with Crippen molar-refractivity contribution < 1.29 is 17.9 Å². The Morgan fingerprint density at radius 2 is 1.96 bits per heavy atom. The summed E-state index contributed by atoms with van der Waals surface area (Å²) in [6.07, 6.45) is 1.30. The molecule has 1 aromatic rings. The Balaban J connectivity index is 1.87. The lowest BCUT2D eigenvalue weighted by atomic mass is 10.1. The van der Waals surface area contributed by atoms with Crippen LogP contribution < -0.4 is 9.62 Å². The van der Waals surface area contributed by atoms with Gasteiger partial charge in [0.2, 0.25) is 15.9 Å². The molecule has 0 aliphatic carbocycles. The summed E-state index contributed by atoms with van der Waals surface area (Å²) in [7, 11) is -3.46. The maximum atomic E-state index is 12.2. The lowest BCUT2D eigenvalue weighted by Crippen LogP contribution is -2.42. The molecule has 1 fully saturated rings. The van der Waals surface area contributed by atoms with E-state index in [1.165, 1.54) is 10.6 Å². The molecule has 0 radical (unpaired) electrons. The van der Waals surface area contributed by atoms with Gasteiger partial charge in [-0.15, -0.1) is 0 Å². The number of nitrogens with one attached hydrogen (secondary N) is 1. The van der Waals surface area contributed by atoms with Gasteiger partial charge in [-0.05, 0) is 25.5 Å². The van der Waals surface area contributed by atoms with Crippen LogP contribution in [0.2, 0.25) is 0 Å². The molecule has 0 bridgehead atoms. The Hall–Kier alpha value is -1.64. The monoisotopic (exact) mass is 383 g/mol. The SMILES string of the molecule is Cc1ccc(N(CCC(=O)NCCN2CCOCC2)S(C)(=O)=O)c(C)c1. The average molecular weight is 384 g/mol. The third-order valence-electron chi connectivity index (χ3n) is 4.42. The van der Waals surface area contributed by atoms with E-state index in [2.05, 4.69) is 10.2 Å². The van der Waals surface area contributed by atoms with Crippen LogP contribution in [-0.2, 0) is 19.6 Å². The summed E-state index contributed by atoms with van der Waals surface area (Å²) < 4.78 is 31.0. The third kappa shape index (κ3) is 6.26. The van der Waals surface area contributed by atoms with Gasteiger partial charge in [0.1, 0.15) is 0 Å². The zero-order valence-electron chi connectivity index (χ0n) is 15.8. The lowest BCUT2D eigenvalue weighted by molar-refractivity contribution is -0.120. The van der Waals surface area contributed by atoms with Crippen LogP contribution in [0.15, 0.2) is 18.2 Å². The second kappa shape index (κ2) is 9.34. The Kier molecular flexibility index (Phi) is 7.43. The van der Waals surface area contributed by atoms with E-state index in [0.29, 0.717) is 12.2 Å². The van der Waals surface area contributed by atoms with Crippen LogP contribution >= 0.6 is 0 Å². The molecular formula is C18H29N3O4S. The zero-order valence-corrected chi connectivity index (χ0v) is 16.6. The fourth-order valence-electron chi connectivity index (χ4n) is 3.02. The van der Waals surface area contributed by atoms with Gasteiger partial charge in [0, 0.05) is 39.1 Å². The van der Waals surface area contributed by atoms with Crippen molar-refractivity contribution in [1.82, 2.24) is 10.2 Å². The summed E-state index contributed by atoms with van der Waals surface area (Å²) >= 11 is 0. The molecule has 1 aliphatic rings. The number of benzene rings is 1. The molecule has 0 spiro atoms. The minimum atomic E-state index is -3.46. The molecule has 0 saturated carbocycles. The number of aryl methyl sites for hydroxylation is 2. The number of carbonyl (C=O) groups excluding carboxylic acids is 1. The molecule has 1 aromatic carbocycles. The average Bonchev–Trinajstić information content (AvgIpc) is 2.56. The standard InChI is InChI=1S/C18H29N3O4S/c1-15-4-5-17(16(2)14-15)21(26(3,23)24)8-6-18(22)19-7-9-20-10-12-25-13-11-20/h4-5,14H,6-13H2,1-3H3,(H,19,22). The number of nitrogens with zero attached hydrogens (tertiary/aromatic N) is 2. The van der Waals surface area contributed by atoms with Crippen LogP contribution in [0.5, 0.6) is 0 Å². The number of ether oxygens (including phenoxy) is 1. The van der Waals surface area contributed by atoms with E-state index < -0.39 is 10.0 Å². The van der Waals surface area contributed by atoms with Crippen LogP contribution in [0.1, 0.15) is 17.5 Å². The first-order valence-electron chi connectivity index (χ1n) is 8.89. The Morgan fingerprint density at radius 1 is 1.27 bits per heavy atom. The van der Waals surface area contributed by atoms with Gasteiger partial charge in [-0.1, -0.05) is 17.7 Å². The molecule has 0 aromatic heterocycles. The number of sulfonamides is 1. The predicted molar refractivity (Wildman–Crippen MR) is 103 cm³/mol. The third-order valence-corrected chi connectivity index (χ3v) is 5.60. The van der Waals surface area contributed by atoms with Gasteiger partial charge in [0.15, 0.2) is 0 Å². The zero-order chi connectivity index (χ0) is 19.2. The van der Waals surface area contributed by atoms with Gasteiger partial charge < -0.3 is 10.1 Å². The van der Waals surface area contributed by atoms with Crippen LogP contribution in [0.4, 0.5) is 5.69 Å². The fraction of sp³-hybridized carbons (Fsp3) is 0.611. The minimum absolute atomic E-state index is 0.128. The highest BCUT2D eigenvalue weighted by atomic mass is 32.2. The molecule has 1 saturated heterocycles. The topological polar surface area (TPSA) is 79.0 Å². The molecule has 8 heteroatoms. The number of carbonyl (C=O) groups is 1. The van der Waals surface area contributed by atoms with Crippen LogP contribution in [0.3, 0.4) is 0 Å². The van der Waals surface area contributed by atoms with E-state index >= 15 is 0 Å². The number of amides is 1. The summed E-state index contributed by atoms with van der Waals surface area (Å²) in [6, 6.07) is 5.61. The highest BCUT2D eigenvalue weighted by molar-refractivity contribution is 7.92. The molecule has 2 rings (SSSR count). The number of rotatable bonds is 8. The fourth-order valence-corrected chi connectivity index (χ4v) is 4.00. The van der Waals surface area contributed by atoms with Crippen molar-refractivity contribution in [3.05, 3.63) is 29.3 Å². The van der Waals surface area contributed by atoms with Crippen molar-refractivity contribution in [2.75, 3.05) is 56.5 Å². The van der Waals surface area contributed by atoms with Crippen LogP contribution in [0.25, 0.3) is 0 Å². The first-order valence-corrected chi connectivity index (χ1v) is 10.7. The van der Waals surface area contributed by atoms with Crippen molar-refractivity contribution in [2.45, 2.75) is 20.3 Å². The van der Waals surface area contributed by atoms with Crippen LogP contribution in [-0.4, -0.2) is 71.4 Å². The van der Waals surface area contributed by atoms with E-state index in [1.807, 2.05) is 26.0 Å². The quantitative estimate of drug-likeness (QED) is 0.722. The summed E-state index contributed by atoms with van der Waals surface area (Å²) in [6.45, 7) is 8.52. The maximum Gasteiger partial charge on any atom is 0.232 e. The molecule has 0 unspecified atom stereocenters. The first kappa shape index (κ1) is 20.7. The minimum Gasteiger partial charge on any atom is -0.379 e. The van der Waals surface area contributed by atoms with Gasteiger partial charge >= 0.3 is 0 Å². The van der Waals surface area contributed by atoms with Gasteiger partial charge in [-0.2, -0.15) is 0 Å². The van der Waals surface area contributed by atoms with Gasteiger partial charge in [0.25, 0.3) is 0 Å². The lowest BCUT2D eigenvalue weighted by Gasteiger charge is -2.26. The second-order valence-electron chi connectivity index (χ2n) is 6.68. The summed E-state index contributed by atoms with van der Waals surface area (Å²) in [5.41, 5.74) is 2.57. The van der Waals surface area contributed by atoms with Crippen molar-refractivity contribution in [3.8, 4) is 0 Å². The molecule has 1 N–H and O–H groups in total. The predicted octanol–water partition coefficient (Wildman–Crippen LogP) is 0.908. The molecule has 146 valence electrons. The highest BCUT2D eigenvalue weighted by Crippen LogP contribution is 2.23. The highest BCUT2D eigenvalue weighted by Gasteiger charge is 2.20. The molecule has 7 nitrogen and oxygen atoms in total. The molecule has 26 heavy (non-hydrogen) atoms. The van der Waals surface area contributed by atoms with E-state index in [0.717, 1.165) is 44.0 Å². The van der Waals surface area contributed by atoms with Crippen molar-refractivity contribution in [3.63, 3.8) is 0 Å². The number of morpholine rings is 1. The summed E-state index contributed by atoms with van der Waals surface area (Å²) in [5, 5.41) is 2.87. The smallest absolute Gasteiger partial charge is 0.232 e. The molecule has 0 atom stereocenters. The van der Waals surface area contributed by atoms with E-state index in [9.17, 15) is 13.2 Å². The Morgan fingerprint density at radius 3 is 2.58 bits per heavy atom. The number of anilines is 1. The molecular weight excluding hydrogens is 354 g/mol. The largest absolute Gasteiger partial charge is 0.379 e. The Labute approximate surface area is 156 Å². The van der Waals surface area contributed by atoms with Gasteiger partial charge in [0.05, 0.1) is 25.2 Å². The van der Waals surface area contributed by atoms with Gasteiger partial charge in [-0.3, -0.25) is 14.0 Å². The number of hydrogen-bond donors (Lipinski definition) is 1. The van der Waals surface area contributed by atoms with E-state index in [-0.39, 0.29) is 18.9 Å². The summed E-state index contributed by atoms with van der Waals surface area (Å²) in [5.74, 6) is -0.142. The maximum absolute atomic E-state index is 12.2.